The monoisotopic (exact) mass is 414 g/mol. The molecular weight excluding hydrogens is 368 g/mol. The minimum Gasteiger partial charge on any atom is -0.381 e. The maximum absolute atomic E-state index is 12.3. The molecule has 0 saturated heterocycles. The summed E-state index contributed by atoms with van der Waals surface area (Å²) in [6, 6.07) is 0. The van der Waals surface area contributed by atoms with E-state index in [-0.39, 0.29) is 10.8 Å². The minimum absolute atomic E-state index is 0.0347. The molecule has 0 aromatic rings. The molecule has 5 aliphatic carbocycles. The number of ether oxygens (including phenoxy) is 1. The van der Waals surface area contributed by atoms with Gasteiger partial charge in [-0.1, -0.05) is 41.0 Å². The van der Waals surface area contributed by atoms with Gasteiger partial charge in [-0.3, -0.25) is 0 Å². The molecule has 0 bridgehead atoms. The highest BCUT2D eigenvalue weighted by molar-refractivity contribution is 5.61. The Morgan fingerprint density at radius 1 is 0.733 bits per heavy atom. The van der Waals surface area contributed by atoms with Gasteiger partial charge in [0.05, 0.1) is 6.10 Å². The van der Waals surface area contributed by atoms with Gasteiger partial charge in [0.25, 0.3) is 0 Å². The summed E-state index contributed by atoms with van der Waals surface area (Å²) >= 11 is 0. The van der Waals surface area contributed by atoms with E-state index in [1.165, 1.54) is 70.5 Å². The molecule has 0 aromatic heterocycles. The zero-order chi connectivity index (χ0) is 21.6. The maximum Gasteiger partial charge on any atom is 0.126 e. The third-order valence-corrected chi connectivity index (χ3v) is 12.9. The largest absolute Gasteiger partial charge is 0.381 e. The topological polar surface area (TPSA) is 26.3 Å². The van der Waals surface area contributed by atoms with E-state index in [1.54, 1.807) is 0 Å². The first-order valence-electron chi connectivity index (χ1n) is 13.1. The molecule has 170 valence electrons. The molecule has 0 amide bonds. The second-order valence-electron chi connectivity index (χ2n) is 13.6. The summed E-state index contributed by atoms with van der Waals surface area (Å²) in [5.74, 6) is 3.03. The Bertz CT molecular complexity index is 713. The lowest BCUT2D eigenvalue weighted by Gasteiger charge is -2.72. The molecule has 5 rings (SSSR count). The number of hydrogen-bond donors (Lipinski definition) is 0. The van der Waals surface area contributed by atoms with E-state index in [1.807, 2.05) is 7.11 Å². The summed E-state index contributed by atoms with van der Waals surface area (Å²) in [5.41, 5.74) is 1.58. The Kier molecular flexibility index (Phi) is 4.71. The Balaban J connectivity index is 1.52. The second kappa shape index (κ2) is 6.58. The van der Waals surface area contributed by atoms with E-state index < -0.39 is 0 Å². The van der Waals surface area contributed by atoms with E-state index in [0.29, 0.717) is 28.3 Å². The van der Waals surface area contributed by atoms with Crippen LogP contribution in [0.15, 0.2) is 0 Å². The first-order chi connectivity index (χ1) is 14.1. The van der Waals surface area contributed by atoms with Crippen LogP contribution in [-0.4, -0.2) is 19.5 Å². The summed E-state index contributed by atoms with van der Waals surface area (Å²) < 4.78 is 6.01. The molecule has 5 saturated carbocycles. The number of methoxy groups -OCH3 is 1. The van der Waals surface area contributed by atoms with Crippen LogP contribution in [0.3, 0.4) is 0 Å². The summed E-state index contributed by atoms with van der Waals surface area (Å²) in [4.78, 5) is 12.3. The van der Waals surface area contributed by atoms with Crippen molar-refractivity contribution < 1.29 is 9.53 Å². The zero-order valence-corrected chi connectivity index (χ0v) is 20.6. The fraction of sp³-hybridized carbons (Fsp3) is 0.964. The van der Waals surface area contributed by atoms with Crippen LogP contribution >= 0.6 is 0 Å². The Morgan fingerprint density at radius 2 is 1.50 bits per heavy atom. The number of carbonyl (C=O) groups is 1. The van der Waals surface area contributed by atoms with Crippen LogP contribution in [-0.2, 0) is 9.53 Å². The van der Waals surface area contributed by atoms with Crippen LogP contribution < -0.4 is 0 Å². The molecule has 0 aromatic carbocycles. The zero-order valence-electron chi connectivity index (χ0n) is 20.6. The fourth-order valence-electron chi connectivity index (χ4n) is 11.2. The Hall–Kier alpha value is -0.370. The van der Waals surface area contributed by atoms with Gasteiger partial charge >= 0.3 is 0 Å². The number of aldehydes is 1. The molecule has 0 N–H and O–H groups in total. The molecule has 0 radical (unpaired) electrons. The van der Waals surface area contributed by atoms with E-state index in [9.17, 15) is 4.79 Å². The number of carbonyl (C=O) groups excluding carboxylic acids is 1. The summed E-state index contributed by atoms with van der Waals surface area (Å²) in [7, 11) is 1.93. The smallest absolute Gasteiger partial charge is 0.126 e. The molecule has 9 atom stereocenters. The third kappa shape index (κ3) is 2.39. The summed E-state index contributed by atoms with van der Waals surface area (Å²) in [6.07, 6.45) is 16.1. The molecule has 0 aliphatic heterocycles. The fourth-order valence-corrected chi connectivity index (χ4v) is 11.2. The Morgan fingerprint density at radius 3 is 2.20 bits per heavy atom. The molecule has 5 fully saturated rings. The maximum atomic E-state index is 12.3. The highest BCUT2D eigenvalue weighted by Gasteiger charge is 2.69. The van der Waals surface area contributed by atoms with E-state index in [4.69, 9.17) is 4.74 Å². The molecule has 0 spiro atoms. The molecular formula is C28H46O2. The predicted molar refractivity (Wildman–Crippen MR) is 122 cm³/mol. The van der Waals surface area contributed by atoms with Gasteiger partial charge in [-0.15, -0.1) is 0 Å². The summed E-state index contributed by atoms with van der Waals surface area (Å²) in [6.45, 7) is 13.0. The van der Waals surface area contributed by atoms with Crippen molar-refractivity contribution in [1.29, 1.82) is 0 Å². The van der Waals surface area contributed by atoms with Crippen molar-refractivity contribution in [3.8, 4) is 0 Å². The van der Waals surface area contributed by atoms with Gasteiger partial charge < -0.3 is 9.53 Å². The average molecular weight is 415 g/mol. The van der Waals surface area contributed by atoms with Crippen LogP contribution in [0.4, 0.5) is 0 Å². The number of hydrogen-bond acceptors (Lipinski definition) is 2. The first kappa shape index (κ1) is 21.5. The number of rotatable bonds is 2. The van der Waals surface area contributed by atoms with E-state index in [0.717, 1.165) is 24.2 Å². The third-order valence-electron chi connectivity index (χ3n) is 12.9. The molecule has 0 heterocycles. The molecule has 5 aliphatic rings. The van der Waals surface area contributed by atoms with Gasteiger partial charge in [0, 0.05) is 12.5 Å². The van der Waals surface area contributed by atoms with Crippen LogP contribution in [0.2, 0.25) is 0 Å². The molecule has 2 heteroatoms. The van der Waals surface area contributed by atoms with Crippen LogP contribution in [0.1, 0.15) is 105 Å². The van der Waals surface area contributed by atoms with Crippen molar-refractivity contribution in [2.24, 2.45) is 50.7 Å². The lowest BCUT2D eigenvalue weighted by Crippen LogP contribution is -2.66. The highest BCUT2D eigenvalue weighted by atomic mass is 16.5. The molecule has 2 nitrogen and oxygen atoms in total. The van der Waals surface area contributed by atoms with Gasteiger partial charge in [-0.25, -0.2) is 0 Å². The van der Waals surface area contributed by atoms with Crippen molar-refractivity contribution in [3.63, 3.8) is 0 Å². The first-order valence-corrected chi connectivity index (χ1v) is 13.1. The van der Waals surface area contributed by atoms with Crippen molar-refractivity contribution >= 4 is 6.29 Å². The lowest BCUT2D eigenvalue weighted by atomic mass is 9.32. The van der Waals surface area contributed by atoms with Crippen LogP contribution in [0.5, 0.6) is 0 Å². The second-order valence-corrected chi connectivity index (χ2v) is 13.6. The van der Waals surface area contributed by atoms with Crippen molar-refractivity contribution in [2.75, 3.05) is 7.11 Å². The SMILES string of the molecule is COC1CCC2(C)C(CCC3(C)C2CCC2C4CCCC4(C=O)CC[C@]23C)C1(C)C. The van der Waals surface area contributed by atoms with E-state index >= 15 is 0 Å². The van der Waals surface area contributed by atoms with Crippen LogP contribution in [0, 0.1) is 50.7 Å². The molecule has 8 unspecified atom stereocenters. The van der Waals surface area contributed by atoms with Crippen molar-refractivity contribution in [2.45, 2.75) is 111 Å². The van der Waals surface area contributed by atoms with Gasteiger partial charge in [0.1, 0.15) is 6.29 Å². The summed E-state index contributed by atoms with van der Waals surface area (Å²) in [5, 5.41) is 0. The van der Waals surface area contributed by atoms with Gasteiger partial charge in [0.2, 0.25) is 0 Å². The normalized spacial score (nSPS) is 56.9. The highest BCUT2D eigenvalue weighted by Crippen LogP contribution is 2.76. The number of fused-ring (bicyclic) bond motifs is 7. The van der Waals surface area contributed by atoms with Gasteiger partial charge in [0.15, 0.2) is 0 Å². The van der Waals surface area contributed by atoms with Gasteiger partial charge in [-0.2, -0.15) is 0 Å². The average Bonchev–Trinajstić information content (AvgIpc) is 3.13. The predicted octanol–water partition coefficient (Wildman–Crippen LogP) is 7.06. The quantitative estimate of drug-likeness (QED) is 0.452. The van der Waals surface area contributed by atoms with Crippen molar-refractivity contribution in [3.05, 3.63) is 0 Å². The minimum atomic E-state index is 0.0347. The molecule has 30 heavy (non-hydrogen) atoms. The standard InChI is InChI=1S/C28H46O2/c1-24(2)21-11-15-27(5)22(25(21,3)14-12-23(24)30-6)10-9-19-20-8-7-13-28(20,18-29)17-16-26(19,27)4/h18-23H,7-17H2,1-6H3/t19?,20?,21?,22?,23?,25?,26-,27?,28?/m1/s1. The van der Waals surface area contributed by atoms with Crippen molar-refractivity contribution in [1.82, 2.24) is 0 Å². The van der Waals surface area contributed by atoms with Crippen LogP contribution in [0.25, 0.3) is 0 Å². The Labute approximate surface area is 185 Å². The van der Waals surface area contributed by atoms with Gasteiger partial charge in [-0.05, 0) is 110 Å². The van der Waals surface area contributed by atoms with E-state index in [2.05, 4.69) is 34.6 Å². The lowest BCUT2D eigenvalue weighted by molar-refractivity contribution is -0.245.